The molecule has 2 aliphatic rings. The zero-order chi connectivity index (χ0) is 18.0. The van der Waals surface area contributed by atoms with Crippen LogP contribution in [-0.4, -0.2) is 41.5 Å². The van der Waals surface area contributed by atoms with E-state index in [0.29, 0.717) is 13.1 Å². The van der Waals surface area contributed by atoms with Gasteiger partial charge in [-0.25, -0.2) is 4.79 Å². The maximum atomic E-state index is 12.1. The molecule has 2 aliphatic heterocycles. The van der Waals surface area contributed by atoms with Crippen LogP contribution < -0.4 is 0 Å². The molecule has 5 nitrogen and oxygen atoms in total. The summed E-state index contributed by atoms with van der Waals surface area (Å²) in [4.78, 5) is 19.0. The first-order valence-corrected chi connectivity index (χ1v) is 8.65. The van der Waals surface area contributed by atoms with Crippen molar-refractivity contribution < 1.29 is 47.1 Å². The van der Waals surface area contributed by atoms with Crippen LogP contribution in [0.2, 0.25) is 0 Å². The van der Waals surface area contributed by atoms with Gasteiger partial charge >= 0.3 is 6.09 Å². The second-order valence-corrected chi connectivity index (χ2v) is 7.45. The molecule has 0 saturated carbocycles. The van der Waals surface area contributed by atoms with Gasteiger partial charge in [-0.1, -0.05) is 35.5 Å². The summed E-state index contributed by atoms with van der Waals surface area (Å²) in [5.41, 5.74) is 3.99. The summed E-state index contributed by atoms with van der Waals surface area (Å²) in [6.07, 6.45) is 3.33. The van der Waals surface area contributed by atoms with Gasteiger partial charge in [-0.15, -0.1) is 0 Å². The van der Waals surface area contributed by atoms with Crippen molar-refractivity contribution in [2.24, 2.45) is 5.16 Å². The second kappa shape index (κ2) is 8.66. The topological polar surface area (TPSA) is 51.1 Å². The van der Waals surface area contributed by atoms with Gasteiger partial charge in [-0.2, -0.15) is 0 Å². The Hall–Kier alpha value is -1.20. The van der Waals surface area contributed by atoms with Crippen molar-refractivity contribution in [3.8, 4) is 0 Å². The minimum atomic E-state index is -0.462. The number of hydrogen-bond donors (Lipinski definition) is 0. The minimum Gasteiger partial charge on any atom is -0.444 e. The van der Waals surface area contributed by atoms with E-state index in [0.717, 1.165) is 24.1 Å². The van der Waals surface area contributed by atoms with Gasteiger partial charge in [0.2, 0.25) is 0 Å². The number of hydrogen-bond acceptors (Lipinski definition) is 4. The maximum Gasteiger partial charge on any atom is 0.410 e. The van der Waals surface area contributed by atoms with Gasteiger partial charge in [0.05, 0.1) is 5.71 Å². The van der Waals surface area contributed by atoms with Gasteiger partial charge in [0.1, 0.15) is 5.60 Å². The first-order valence-electron chi connectivity index (χ1n) is 8.65. The van der Waals surface area contributed by atoms with Crippen LogP contribution in [0.3, 0.4) is 0 Å². The quantitative estimate of drug-likeness (QED) is 0.666. The van der Waals surface area contributed by atoms with Crippen LogP contribution in [0.4, 0.5) is 4.79 Å². The van der Waals surface area contributed by atoms with Gasteiger partial charge in [-0.05, 0) is 43.9 Å². The molecule has 1 aromatic rings. The standard InChI is InChI=1S/C20H25N2O3.Y/c1-14-13-18(21-25-14)17-7-5-15(6-8-17)16-9-11-22(12-10-16)19(23)24-20(2,3)4;/h5-9,14H,1,10-13H2,2-4H3;/q-1;. The monoisotopic (exact) mass is 430 g/mol. The molecule has 2 heterocycles. The number of ether oxygens (including phenoxy) is 1. The normalized spacial score (nSPS) is 19.8. The second-order valence-electron chi connectivity index (χ2n) is 7.45. The Balaban J connectivity index is 0.00000243. The molecule has 0 aliphatic carbocycles. The van der Waals surface area contributed by atoms with E-state index in [1.807, 2.05) is 20.8 Å². The van der Waals surface area contributed by atoms with E-state index in [1.165, 1.54) is 11.1 Å². The molecule has 0 spiro atoms. The Morgan fingerprint density at radius 1 is 1.27 bits per heavy atom. The summed E-state index contributed by atoms with van der Waals surface area (Å²) in [6.45, 7) is 10.8. The van der Waals surface area contributed by atoms with Crippen LogP contribution in [-0.2, 0) is 42.3 Å². The van der Waals surface area contributed by atoms with Crippen LogP contribution in [0.1, 0.15) is 44.7 Å². The van der Waals surface area contributed by atoms with Crippen LogP contribution in [0.15, 0.2) is 35.5 Å². The zero-order valence-electron chi connectivity index (χ0n) is 15.7. The van der Waals surface area contributed by atoms with Crippen molar-refractivity contribution in [3.63, 3.8) is 0 Å². The SMILES string of the molecule is [CH2-]C1CC(c2ccc(C3=CCN(C(=O)OC(C)(C)C)CC3)cc2)=NO1.[Y]. The van der Waals surface area contributed by atoms with E-state index in [2.05, 4.69) is 42.4 Å². The Morgan fingerprint density at radius 3 is 2.42 bits per heavy atom. The Labute approximate surface area is 180 Å². The van der Waals surface area contributed by atoms with Crippen molar-refractivity contribution in [2.45, 2.75) is 45.3 Å². The van der Waals surface area contributed by atoms with Crippen LogP contribution in [0.5, 0.6) is 0 Å². The molecule has 1 atom stereocenters. The molecule has 0 N–H and O–H groups in total. The summed E-state index contributed by atoms with van der Waals surface area (Å²) in [5.74, 6) is 0. The van der Waals surface area contributed by atoms with Crippen LogP contribution in [0, 0.1) is 6.92 Å². The van der Waals surface area contributed by atoms with Gasteiger partial charge < -0.3 is 21.4 Å². The molecular formula is C20H25N2O3Y-. The molecule has 26 heavy (non-hydrogen) atoms. The minimum absolute atomic E-state index is 0. The van der Waals surface area contributed by atoms with Crippen molar-refractivity contribution in [3.05, 3.63) is 48.4 Å². The largest absolute Gasteiger partial charge is 0.444 e. The van der Waals surface area contributed by atoms with Crippen molar-refractivity contribution in [1.29, 1.82) is 0 Å². The molecular weight excluding hydrogens is 405 g/mol. The fourth-order valence-electron chi connectivity index (χ4n) is 2.90. The fourth-order valence-corrected chi connectivity index (χ4v) is 2.90. The summed E-state index contributed by atoms with van der Waals surface area (Å²) in [7, 11) is 0. The summed E-state index contributed by atoms with van der Waals surface area (Å²) < 4.78 is 5.43. The first kappa shape index (κ1) is 21.1. The van der Waals surface area contributed by atoms with E-state index in [-0.39, 0.29) is 44.9 Å². The third-order valence-corrected chi connectivity index (χ3v) is 4.18. The van der Waals surface area contributed by atoms with Crippen molar-refractivity contribution in [2.75, 3.05) is 13.1 Å². The predicted molar refractivity (Wildman–Crippen MR) is 98.2 cm³/mol. The van der Waals surface area contributed by atoms with E-state index in [9.17, 15) is 4.79 Å². The molecule has 3 rings (SSSR count). The number of carbonyl (C=O) groups excluding carboxylic acids is 1. The average molecular weight is 430 g/mol. The molecule has 0 aromatic heterocycles. The first-order chi connectivity index (χ1) is 11.8. The molecule has 1 radical (unpaired) electrons. The summed E-state index contributed by atoms with van der Waals surface area (Å²) >= 11 is 0. The molecule has 0 fully saturated rings. The van der Waals surface area contributed by atoms with Crippen LogP contribution >= 0.6 is 0 Å². The van der Waals surface area contributed by atoms with E-state index < -0.39 is 5.60 Å². The Bertz CT molecular complexity index is 705. The number of carbonyl (C=O) groups is 1. The zero-order valence-corrected chi connectivity index (χ0v) is 18.5. The predicted octanol–water partition coefficient (Wildman–Crippen LogP) is 4.04. The molecule has 0 saturated heterocycles. The maximum absolute atomic E-state index is 12.1. The molecule has 0 bridgehead atoms. The van der Waals surface area contributed by atoms with Crippen molar-refractivity contribution in [1.82, 2.24) is 4.90 Å². The van der Waals surface area contributed by atoms with Gasteiger partial charge in [-0.3, -0.25) is 0 Å². The molecule has 1 aromatic carbocycles. The smallest absolute Gasteiger partial charge is 0.410 e. The van der Waals surface area contributed by atoms with Gasteiger partial charge in [0.15, 0.2) is 0 Å². The summed E-state index contributed by atoms with van der Waals surface area (Å²) in [5, 5.41) is 4.07. The third-order valence-electron chi connectivity index (χ3n) is 4.18. The fraction of sp³-hybridized carbons (Fsp3) is 0.450. The van der Waals surface area contributed by atoms with Gasteiger partial charge in [0, 0.05) is 58.3 Å². The Morgan fingerprint density at radius 2 is 1.92 bits per heavy atom. The van der Waals surface area contributed by atoms with E-state index in [4.69, 9.17) is 9.57 Å². The van der Waals surface area contributed by atoms with Gasteiger partial charge in [0.25, 0.3) is 0 Å². The summed E-state index contributed by atoms with van der Waals surface area (Å²) in [6, 6.07) is 8.33. The molecule has 6 heteroatoms. The van der Waals surface area contributed by atoms with E-state index >= 15 is 0 Å². The van der Waals surface area contributed by atoms with Crippen molar-refractivity contribution >= 4 is 17.4 Å². The number of benzene rings is 1. The number of rotatable bonds is 2. The number of amides is 1. The Kier molecular flexibility index (Phi) is 7.03. The third kappa shape index (κ3) is 5.40. The number of oxime groups is 1. The van der Waals surface area contributed by atoms with E-state index in [1.54, 1.807) is 4.90 Å². The number of nitrogens with zero attached hydrogens (tertiary/aromatic N) is 2. The molecule has 137 valence electrons. The molecule has 1 unspecified atom stereocenters. The average Bonchev–Trinajstić information content (AvgIpc) is 3.00. The van der Waals surface area contributed by atoms with Crippen LogP contribution in [0.25, 0.3) is 5.57 Å². The molecule has 1 amide bonds.